The predicted molar refractivity (Wildman–Crippen MR) is 82.7 cm³/mol. The molecule has 0 spiro atoms. The Hall–Kier alpha value is -2.49. The lowest BCUT2D eigenvalue weighted by Crippen LogP contribution is -2.05. The van der Waals surface area contributed by atoms with Crippen molar-refractivity contribution in [1.29, 1.82) is 0 Å². The lowest BCUT2D eigenvalue weighted by molar-refractivity contribution is 0.0453. The lowest BCUT2D eigenvalue weighted by atomic mass is 9.93. The molecule has 3 rings (SSSR count). The van der Waals surface area contributed by atoms with Crippen LogP contribution in [0, 0.1) is 13.8 Å². The molecule has 0 fully saturated rings. The van der Waals surface area contributed by atoms with E-state index < -0.39 is 6.10 Å². The van der Waals surface area contributed by atoms with Crippen LogP contribution in [0.15, 0.2) is 30.3 Å². The average Bonchev–Trinajstić information content (AvgIpc) is 2.86. The minimum atomic E-state index is -0.441. The Kier molecular flexibility index (Phi) is 3.53. The van der Waals surface area contributed by atoms with Gasteiger partial charge in [0.05, 0.1) is 25.3 Å². The van der Waals surface area contributed by atoms with E-state index in [4.69, 9.17) is 14.2 Å². The molecule has 0 radical (unpaired) electrons. The van der Waals surface area contributed by atoms with Crippen LogP contribution in [0.25, 0.3) is 0 Å². The monoisotopic (exact) mass is 298 g/mol. The molecular formula is C18H18O4. The van der Waals surface area contributed by atoms with E-state index in [1.807, 2.05) is 32.0 Å². The number of carbonyl (C=O) groups is 1. The van der Waals surface area contributed by atoms with Gasteiger partial charge < -0.3 is 14.2 Å². The first-order valence-corrected chi connectivity index (χ1v) is 7.09. The van der Waals surface area contributed by atoms with E-state index in [1.54, 1.807) is 26.4 Å². The zero-order chi connectivity index (χ0) is 15.9. The first-order valence-electron chi connectivity index (χ1n) is 7.09. The van der Waals surface area contributed by atoms with Crippen molar-refractivity contribution in [2.45, 2.75) is 20.0 Å². The van der Waals surface area contributed by atoms with E-state index in [0.717, 1.165) is 22.3 Å². The second-order valence-corrected chi connectivity index (χ2v) is 5.37. The molecule has 4 nitrogen and oxygen atoms in total. The predicted octanol–water partition coefficient (Wildman–Crippen LogP) is 3.58. The molecule has 1 heterocycles. The van der Waals surface area contributed by atoms with Gasteiger partial charge in [0.25, 0.3) is 0 Å². The Labute approximate surface area is 129 Å². The molecule has 4 heteroatoms. The van der Waals surface area contributed by atoms with E-state index >= 15 is 0 Å². The number of ether oxygens (including phenoxy) is 3. The maximum absolute atomic E-state index is 12.2. The highest BCUT2D eigenvalue weighted by Gasteiger charge is 2.36. The van der Waals surface area contributed by atoms with Crippen molar-refractivity contribution in [2.24, 2.45) is 0 Å². The first kappa shape index (κ1) is 14.4. The molecule has 0 saturated heterocycles. The third-order valence-electron chi connectivity index (χ3n) is 4.21. The number of methoxy groups -OCH3 is 2. The van der Waals surface area contributed by atoms with Gasteiger partial charge in [0.1, 0.15) is 11.5 Å². The molecule has 0 amide bonds. The largest absolute Gasteiger partial charge is 0.497 e. The van der Waals surface area contributed by atoms with E-state index in [1.165, 1.54) is 0 Å². The van der Waals surface area contributed by atoms with Crippen LogP contribution in [-0.2, 0) is 4.74 Å². The Bertz CT molecular complexity index is 749. The molecule has 2 aromatic carbocycles. The molecule has 1 atom stereocenters. The molecule has 0 aromatic heterocycles. The van der Waals surface area contributed by atoms with Crippen LogP contribution >= 0.6 is 0 Å². The third kappa shape index (κ3) is 2.11. The van der Waals surface area contributed by atoms with Gasteiger partial charge in [-0.2, -0.15) is 0 Å². The Morgan fingerprint density at radius 1 is 1.09 bits per heavy atom. The van der Waals surface area contributed by atoms with Gasteiger partial charge in [-0.05, 0) is 31.0 Å². The van der Waals surface area contributed by atoms with Crippen LogP contribution in [0.5, 0.6) is 11.5 Å². The summed E-state index contributed by atoms with van der Waals surface area (Å²) in [6.45, 7) is 4.08. The second kappa shape index (κ2) is 5.37. The first-order chi connectivity index (χ1) is 10.6. The smallest absolute Gasteiger partial charge is 0.339 e. The topological polar surface area (TPSA) is 44.8 Å². The zero-order valence-electron chi connectivity index (χ0n) is 13.1. The summed E-state index contributed by atoms with van der Waals surface area (Å²) in [5, 5.41) is 0. The van der Waals surface area contributed by atoms with Crippen molar-refractivity contribution in [3.8, 4) is 11.5 Å². The fourth-order valence-electron chi connectivity index (χ4n) is 2.83. The Balaban J connectivity index is 2.21. The SMILES string of the molecule is COc1cc(OC)c2c(c1)C(=O)O[C@H]2c1cccc(C)c1C. The van der Waals surface area contributed by atoms with Crippen LogP contribution in [0.1, 0.15) is 38.7 Å². The van der Waals surface area contributed by atoms with Crippen molar-refractivity contribution in [2.75, 3.05) is 14.2 Å². The summed E-state index contributed by atoms with van der Waals surface area (Å²) < 4.78 is 16.3. The maximum Gasteiger partial charge on any atom is 0.339 e. The standard InChI is InChI=1S/C18H18O4/c1-10-6-5-7-13(11(10)2)17-16-14(18(19)22-17)8-12(20-3)9-15(16)21-4/h5-9,17H,1-4H3/t17-/m0/s1. The number of cyclic esters (lactones) is 1. The Morgan fingerprint density at radius 2 is 1.86 bits per heavy atom. The number of benzene rings is 2. The minimum absolute atomic E-state index is 0.349. The number of rotatable bonds is 3. The molecule has 1 aliphatic rings. The van der Waals surface area contributed by atoms with Crippen LogP contribution in [0.2, 0.25) is 0 Å². The van der Waals surface area contributed by atoms with Gasteiger partial charge in [0, 0.05) is 11.6 Å². The van der Waals surface area contributed by atoms with Gasteiger partial charge in [-0.25, -0.2) is 4.79 Å². The normalized spacial score (nSPS) is 16.2. The van der Waals surface area contributed by atoms with Crippen LogP contribution in [0.3, 0.4) is 0 Å². The fraction of sp³-hybridized carbons (Fsp3) is 0.278. The lowest BCUT2D eigenvalue weighted by Gasteiger charge is -2.17. The van der Waals surface area contributed by atoms with Gasteiger partial charge in [0.15, 0.2) is 6.10 Å². The van der Waals surface area contributed by atoms with E-state index in [-0.39, 0.29) is 5.97 Å². The second-order valence-electron chi connectivity index (χ2n) is 5.37. The maximum atomic E-state index is 12.2. The van der Waals surface area contributed by atoms with Crippen molar-refractivity contribution in [3.05, 3.63) is 58.1 Å². The zero-order valence-corrected chi connectivity index (χ0v) is 13.1. The summed E-state index contributed by atoms with van der Waals surface area (Å²) in [5.74, 6) is 0.832. The average molecular weight is 298 g/mol. The molecule has 22 heavy (non-hydrogen) atoms. The Morgan fingerprint density at radius 3 is 2.55 bits per heavy atom. The van der Waals surface area contributed by atoms with Crippen molar-refractivity contribution in [1.82, 2.24) is 0 Å². The van der Waals surface area contributed by atoms with Gasteiger partial charge in [0.2, 0.25) is 0 Å². The van der Waals surface area contributed by atoms with E-state index in [9.17, 15) is 4.79 Å². The summed E-state index contributed by atoms with van der Waals surface area (Å²) in [7, 11) is 3.14. The summed E-state index contributed by atoms with van der Waals surface area (Å²) in [6.07, 6.45) is -0.441. The van der Waals surface area contributed by atoms with Crippen molar-refractivity contribution < 1.29 is 19.0 Å². The van der Waals surface area contributed by atoms with Crippen molar-refractivity contribution in [3.63, 3.8) is 0 Å². The fourth-order valence-corrected chi connectivity index (χ4v) is 2.83. The summed E-state index contributed by atoms with van der Waals surface area (Å²) >= 11 is 0. The molecule has 0 bridgehead atoms. The highest BCUT2D eigenvalue weighted by Crippen LogP contribution is 2.44. The van der Waals surface area contributed by atoms with Gasteiger partial charge in [-0.3, -0.25) is 0 Å². The number of aryl methyl sites for hydroxylation is 1. The van der Waals surface area contributed by atoms with Crippen LogP contribution < -0.4 is 9.47 Å². The number of carbonyl (C=O) groups excluding carboxylic acids is 1. The number of hydrogen-bond acceptors (Lipinski definition) is 4. The molecule has 114 valence electrons. The third-order valence-corrected chi connectivity index (χ3v) is 4.21. The quantitative estimate of drug-likeness (QED) is 0.812. The van der Waals surface area contributed by atoms with Crippen molar-refractivity contribution >= 4 is 5.97 Å². The molecule has 0 aliphatic carbocycles. The molecule has 0 saturated carbocycles. The number of fused-ring (bicyclic) bond motifs is 1. The molecule has 2 aromatic rings. The van der Waals surface area contributed by atoms with E-state index in [2.05, 4.69) is 0 Å². The van der Waals surface area contributed by atoms with Crippen LogP contribution in [-0.4, -0.2) is 20.2 Å². The highest BCUT2D eigenvalue weighted by atomic mass is 16.6. The minimum Gasteiger partial charge on any atom is -0.497 e. The van der Waals surface area contributed by atoms with Crippen LogP contribution in [0.4, 0.5) is 0 Å². The summed E-state index contributed by atoms with van der Waals surface area (Å²) in [5.41, 5.74) is 4.53. The molecule has 0 unspecified atom stereocenters. The number of hydrogen-bond donors (Lipinski definition) is 0. The van der Waals surface area contributed by atoms with Gasteiger partial charge >= 0.3 is 5.97 Å². The summed E-state index contributed by atoms with van der Waals surface area (Å²) in [6, 6.07) is 9.48. The number of esters is 1. The molecule has 0 N–H and O–H groups in total. The van der Waals surface area contributed by atoms with Gasteiger partial charge in [-0.1, -0.05) is 18.2 Å². The molecule has 1 aliphatic heterocycles. The van der Waals surface area contributed by atoms with E-state index in [0.29, 0.717) is 17.1 Å². The van der Waals surface area contributed by atoms with Gasteiger partial charge in [-0.15, -0.1) is 0 Å². The highest BCUT2D eigenvalue weighted by molar-refractivity contribution is 5.96. The molecular weight excluding hydrogens is 280 g/mol. The summed E-state index contributed by atoms with van der Waals surface area (Å²) in [4.78, 5) is 12.2.